The molecule has 0 aliphatic rings. The van der Waals surface area contributed by atoms with Crippen LogP contribution in [0.4, 0.5) is 14.9 Å². The molecule has 29 heavy (non-hydrogen) atoms. The van der Waals surface area contributed by atoms with Crippen LogP contribution in [-0.4, -0.2) is 23.0 Å². The first-order valence-electron chi connectivity index (χ1n) is 9.41. The zero-order valence-electron chi connectivity index (χ0n) is 16.3. The maximum atomic E-state index is 12.9. The summed E-state index contributed by atoms with van der Waals surface area (Å²) in [6.45, 7) is 3.92. The minimum Gasteiger partial charge on any atom is -0.441 e. The molecule has 7 nitrogen and oxygen atoms in total. The molecule has 0 radical (unpaired) electrons. The van der Waals surface area contributed by atoms with Gasteiger partial charge in [-0.05, 0) is 42.3 Å². The molecule has 3 N–H and O–H groups in total. The van der Waals surface area contributed by atoms with Gasteiger partial charge in [0.2, 0.25) is 5.91 Å². The molecule has 8 heteroatoms. The van der Waals surface area contributed by atoms with Crippen LogP contribution < -0.4 is 16.0 Å². The summed E-state index contributed by atoms with van der Waals surface area (Å²) in [5.74, 6) is -0.105. The summed E-state index contributed by atoms with van der Waals surface area (Å²) >= 11 is 0. The molecule has 3 aromatic rings. The lowest BCUT2D eigenvalue weighted by atomic mass is 10.1. The van der Waals surface area contributed by atoms with Crippen LogP contribution in [0.2, 0.25) is 0 Å². The molecule has 2 aromatic carbocycles. The average Bonchev–Trinajstić information content (AvgIpc) is 3.06. The lowest BCUT2D eigenvalue weighted by molar-refractivity contribution is -0.118. The number of aryl methyl sites for hydroxylation is 1. The molecule has 0 aliphatic carbocycles. The fourth-order valence-electron chi connectivity index (χ4n) is 2.90. The summed E-state index contributed by atoms with van der Waals surface area (Å²) in [6, 6.07) is 9.87. The van der Waals surface area contributed by atoms with E-state index < -0.39 is 12.1 Å². The number of benzene rings is 2. The van der Waals surface area contributed by atoms with Gasteiger partial charge in [0.05, 0.1) is 0 Å². The van der Waals surface area contributed by atoms with E-state index in [0.29, 0.717) is 29.1 Å². The van der Waals surface area contributed by atoms with Crippen LogP contribution in [0.5, 0.6) is 0 Å². The lowest BCUT2D eigenvalue weighted by Gasteiger charge is -2.18. The molecule has 0 spiro atoms. The number of nitrogens with zero attached hydrogens (tertiary/aromatic N) is 1. The van der Waals surface area contributed by atoms with Gasteiger partial charge in [0.1, 0.15) is 17.4 Å². The Labute approximate surface area is 167 Å². The van der Waals surface area contributed by atoms with Gasteiger partial charge >= 0.3 is 6.03 Å². The highest BCUT2D eigenvalue weighted by Gasteiger charge is 2.20. The Kier molecular flexibility index (Phi) is 6.43. The minimum atomic E-state index is -0.692. The predicted octanol–water partition coefficient (Wildman–Crippen LogP) is 3.88. The molecule has 1 heterocycles. The Morgan fingerprint density at radius 2 is 1.93 bits per heavy atom. The molecule has 3 rings (SSSR count). The van der Waals surface area contributed by atoms with E-state index in [-0.39, 0.29) is 18.3 Å². The number of rotatable bonds is 7. The molecule has 0 unspecified atom stereocenters. The van der Waals surface area contributed by atoms with Crippen LogP contribution in [0.3, 0.4) is 0 Å². The van der Waals surface area contributed by atoms with Gasteiger partial charge in [0.15, 0.2) is 11.5 Å². The maximum absolute atomic E-state index is 12.9. The van der Waals surface area contributed by atoms with Gasteiger partial charge < -0.3 is 20.4 Å². The lowest BCUT2D eigenvalue weighted by Crippen LogP contribution is -2.47. The number of nitrogens with one attached hydrogen (secondary N) is 3. The van der Waals surface area contributed by atoms with Crippen molar-refractivity contribution in [1.82, 2.24) is 15.6 Å². The smallest absolute Gasteiger partial charge is 0.315 e. The second-order valence-electron chi connectivity index (χ2n) is 6.70. The van der Waals surface area contributed by atoms with Gasteiger partial charge in [-0.25, -0.2) is 14.2 Å². The standard InChI is InChI=1S/C21H23FN4O3/c1-3-4-17(26-21(28)23-12-14-5-7-15(22)8-6-14)20(27)25-16-9-10-19-18(11-16)24-13(2)29-19/h5-11,17H,3-4,12H2,1-2H3,(H,25,27)(H2,23,26,28)/t17-/m1/s1. The molecule has 0 fully saturated rings. The molecular formula is C21H23FN4O3. The number of anilines is 1. The van der Waals surface area contributed by atoms with E-state index in [2.05, 4.69) is 20.9 Å². The number of carbonyl (C=O) groups excluding carboxylic acids is 2. The van der Waals surface area contributed by atoms with Crippen LogP contribution in [0.15, 0.2) is 46.9 Å². The van der Waals surface area contributed by atoms with Crippen molar-refractivity contribution < 1.29 is 18.4 Å². The maximum Gasteiger partial charge on any atom is 0.315 e. The summed E-state index contributed by atoms with van der Waals surface area (Å²) in [7, 11) is 0. The summed E-state index contributed by atoms with van der Waals surface area (Å²) in [5.41, 5.74) is 2.63. The van der Waals surface area contributed by atoms with E-state index in [1.807, 2.05) is 6.92 Å². The SMILES string of the molecule is CCC[C@@H](NC(=O)NCc1ccc(F)cc1)C(=O)Nc1ccc2oc(C)nc2c1. The molecule has 0 aliphatic heterocycles. The first-order valence-corrected chi connectivity index (χ1v) is 9.41. The highest BCUT2D eigenvalue weighted by molar-refractivity contribution is 5.98. The largest absolute Gasteiger partial charge is 0.441 e. The van der Waals surface area contributed by atoms with Crippen LogP contribution in [-0.2, 0) is 11.3 Å². The molecule has 1 atom stereocenters. The Hall–Kier alpha value is -3.42. The summed E-state index contributed by atoms with van der Waals surface area (Å²) < 4.78 is 18.4. The number of halogens is 1. The minimum absolute atomic E-state index is 0.231. The highest BCUT2D eigenvalue weighted by atomic mass is 19.1. The van der Waals surface area contributed by atoms with Crippen molar-refractivity contribution >= 4 is 28.7 Å². The third-order valence-electron chi connectivity index (χ3n) is 4.33. The number of oxazole rings is 1. The zero-order valence-corrected chi connectivity index (χ0v) is 16.3. The van der Waals surface area contributed by atoms with Crippen LogP contribution in [0.1, 0.15) is 31.2 Å². The Morgan fingerprint density at radius 1 is 1.17 bits per heavy atom. The van der Waals surface area contributed by atoms with Gasteiger partial charge in [-0.1, -0.05) is 25.5 Å². The number of carbonyl (C=O) groups is 2. The molecule has 0 saturated carbocycles. The second-order valence-corrected chi connectivity index (χ2v) is 6.70. The number of urea groups is 1. The van der Waals surface area contributed by atoms with Crippen LogP contribution in [0.25, 0.3) is 11.1 Å². The first-order chi connectivity index (χ1) is 13.9. The van der Waals surface area contributed by atoms with E-state index in [1.165, 1.54) is 12.1 Å². The fourth-order valence-corrected chi connectivity index (χ4v) is 2.90. The number of hydrogen-bond donors (Lipinski definition) is 3. The van der Waals surface area contributed by atoms with E-state index in [0.717, 1.165) is 12.0 Å². The Morgan fingerprint density at radius 3 is 2.66 bits per heavy atom. The van der Waals surface area contributed by atoms with Crippen molar-refractivity contribution in [2.24, 2.45) is 0 Å². The predicted molar refractivity (Wildman–Crippen MR) is 108 cm³/mol. The van der Waals surface area contributed by atoms with E-state index in [9.17, 15) is 14.0 Å². The fraction of sp³-hybridized carbons (Fsp3) is 0.286. The molecule has 0 saturated heterocycles. The van der Waals surface area contributed by atoms with Crippen LogP contribution >= 0.6 is 0 Å². The van der Waals surface area contributed by atoms with Crippen molar-refractivity contribution in [3.8, 4) is 0 Å². The van der Waals surface area contributed by atoms with Crippen LogP contribution in [0, 0.1) is 12.7 Å². The molecule has 0 bridgehead atoms. The molecule has 3 amide bonds. The van der Waals surface area contributed by atoms with Gasteiger partial charge in [0, 0.05) is 19.2 Å². The van der Waals surface area contributed by atoms with Gasteiger partial charge in [-0.15, -0.1) is 0 Å². The number of fused-ring (bicyclic) bond motifs is 1. The molecular weight excluding hydrogens is 375 g/mol. The van der Waals surface area contributed by atoms with Crippen molar-refractivity contribution in [3.05, 3.63) is 59.7 Å². The van der Waals surface area contributed by atoms with Gasteiger partial charge in [-0.3, -0.25) is 4.79 Å². The Balaban J connectivity index is 1.58. The summed E-state index contributed by atoms with van der Waals surface area (Å²) in [4.78, 5) is 29.1. The van der Waals surface area contributed by atoms with E-state index >= 15 is 0 Å². The van der Waals surface area contributed by atoms with Crippen molar-refractivity contribution in [1.29, 1.82) is 0 Å². The second kappa shape index (κ2) is 9.18. The average molecular weight is 398 g/mol. The quantitative estimate of drug-likeness (QED) is 0.563. The van der Waals surface area contributed by atoms with Gasteiger partial charge in [-0.2, -0.15) is 0 Å². The van der Waals surface area contributed by atoms with Crippen molar-refractivity contribution in [2.45, 2.75) is 39.3 Å². The number of aromatic nitrogens is 1. The van der Waals surface area contributed by atoms with Gasteiger partial charge in [0.25, 0.3) is 0 Å². The van der Waals surface area contributed by atoms with E-state index in [4.69, 9.17) is 4.42 Å². The monoisotopic (exact) mass is 398 g/mol. The molecule has 1 aromatic heterocycles. The molecule has 152 valence electrons. The number of hydrogen-bond acceptors (Lipinski definition) is 4. The Bertz CT molecular complexity index is 1000. The highest BCUT2D eigenvalue weighted by Crippen LogP contribution is 2.20. The van der Waals surface area contributed by atoms with Crippen molar-refractivity contribution in [2.75, 3.05) is 5.32 Å². The summed E-state index contributed by atoms with van der Waals surface area (Å²) in [6.07, 6.45) is 1.21. The summed E-state index contributed by atoms with van der Waals surface area (Å²) in [5, 5.41) is 8.18. The zero-order chi connectivity index (χ0) is 20.8. The number of amides is 3. The van der Waals surface area contributed by atoms with Crippen molar-refractivity contribution in [3.63, 3.8) is 0 Å². The normalized spacial score (nSPS) is 11.8. The third-order valence-corrected chi connectivity index (χ3v) is 4.33. The third kappa shape index (κ3) is 5.54. The topological polar surface area (TPSA) is 96.3 Å². The van der Waals surface area contributed by atoms with E-state index in [1.54, 1.807) is 37.3 Å². The first kappa shape index (κ1) is 20.3.